The topological polar surface area (TPSA) is 110 Å². The van der Waals surface area contributed by atoms with Crippen LogP contribution in [0.2, 0.25) is 0 Å². The van der Waals surface area contributed by atoms with Gasteiger partial charge >= 0.3 is 0 Å². The second-order valence-electron chi connectivity index (χ2n) is 7.14. The molecule has 0 bridgehead atoms. The zero-order chi connectivity index (χ0) is 20.6. The average Bonchev–Trinajstić information content (AvgIpc) is 2.98. The van der Waals surface area contributed by atoms with Crippen molar-refractivity contribution >= 4 is 50.4 Å². The molecule has 10 heteroatoms. The van der Waals surface area contributed by atoms with Gasteiger partial charge in [0.05, 0.1) is 10.5 Å². The Morgan fingerprint density at radius 3 is 2.34 bits per heavy atom. The van der Waals surface area contributed by atoms with Crippen molar-refractivity contribution in [1.82, 2.24) is 4.90 Å². The molecule has 1 aromatic carbocycles. The molecule has 0 saturated heterocycles. The van der Waals surface area contributed by atoms with Crippen molar-refractivity contribution < 1.29 is 18.0 Å². The molecular weight excluding hydrogens is 434 g/mol. The third-order valence-corrected chi connectivity index (χ3v) is 7.10. The summed E-state index contributed by atoms with van der Waals surface area (Å²) in [6.07, 6.45) is 1.82. The molecule has 0 saturated carbocycles. The van der Waals surface area contributed by atoms with E-state index in [0.717, 1.165) is 29.8 Å². The lowest BCUT2D eigenvalue weighted by atomic mass is 10.0. The Kier molecular flexibility index (Phi) is 7.10. The number of sulfone groups is 1. The summed E-state index contributed by atoms with van der Waals surface area (Å²) >= 11 is 1.37. The molecule has 1 aromatic heterocycles. The Labute approximate surface area is 180 Å². The van der Waals surface area contributed by atoms with Gasteiger partial charge in [-0.05, 0) is 50.1 Å². The van der Waals surface area contributed by atoms with Crippen LogP contribution in [0, 0.1) is 0 Å². The molecule has 29 heavy (non-hydrogen) atoms. The van der Waals surface area contributed by atoms with Gasteiger partial charge < -0.3 is 11.1 Å². The lowest BCUT2D eigenvalue weighted by Crippen LogP contribution is -2.35. The predicted molar refractivity (Wildman–Crippen MR) is 117 cm³/mol. The highest BCUT2D eigenvalue weighted by atomic mass is 35.5. The van der Waals surface area contributed by atoms with Crippen LogP contribution in [0.4, 0.5) is 5.00 Å². The first-order chi connectivity index (χ1) is 13.1. The van der Waals surface area contributed by atoms with Crippen LogP contribution in [-0.4, -0.2) is 44.0 Å². The molecule has 2 heterocycles. The monoisotopic (exact) mass is 457 g/mol. The first-order valence-electron chi connectivity index (χ1n) is 8.87. The predicted octanol–water partition coefficient (Wildman–Crippen LogP) is 2.69. The van der Waals surface area contributed by atoms with Gasteiger partial charge in [0, 0.05) is 35.8 Å². The van der Waals surface area contributed by atoms with E-state index in [1.165, 1.54) is 35.6 Å². The molecule has 0 unspecified atom stereocenters. The summed E-state index contributed by atoms with van der Waals surface area (Å²) in [5.41, 5.74) is 7.19. The fraction of sp³-hybridized carbons (Fsp3) is 0.368. The van der Waals surface area contributed by atoms with Crippen LogP contribution in [0.3, 0.4) is 0 Å². The number of thiophene rings is 1. The number of nitrogens with one attached hydrogen (secondary N) is 1. The van der Waals surface area contributed by atoms with Crippen molar-refractivity contribution in [3.8, 4) is 0 Å². The summed E-state index contributed by atoms with van der Waals surface area (Å²) in [7, 11) is -3.33. The van der Waals surface area contributed by atoms with E-state index in [0.29, 0.717) is 28.6 Å². The van der Waals surface area contributed by atoms with Crippen LogP contribution in [0.25, 0.3) is 0 Å². The summed E-state index contributed by atoms with van der Waals surface area (Å²) in [6, 6.07) is 6.06. The number of benzene rings is 1. The summed E-state index contributed by atoms with van der Waals surface area (Å²) in [4.78, 5) is 28.1. The second-order valence-corrected chi connectivity index (χ2v) is 10.3. The fourth-order valence-corrected chi connectivity index (χ4v) is 5.15. The minimum Gasteiger partial charge on any atom is -0.365 e. The Morgan fingerprint density at radius 2 is 1.83 bits per heavy atom. The van der Waals surface area contributed by atoms with Gasteiger partial charge in [-0.15, -0.1) is 23.7 Å². The molecule has 2 aromatic rings. The molecule has 2 amide bonds. The number of carbonyl (C=O) groups is 2. The van der Waals surface area contributed by atoms with Crippen molar-refractivity contribution in [1.29, 1.82) is 0 Å². The van der Waals surface area contributed by atoms with Crippen molar-refractivity contribution in [2.24, 2.45) is 5.73 Å². The van der Waals surface area contributed by atoms with Gasteiger partial charge in [-0.25, -0.2) is 8.42 Å². The third kappa shape index (κ3) is 4.98. The first-order valence-corrected chi connectivity index (χ1v) is 11.6. The maximum Gasteiger partial charge on any atom is 0.256 e. The Hall–Kier alpha value is -1.94. The number of rotatable bonds is 5. The van der Waals surface area contributed by atoms with E-state index in [-0.39, 0.29) is 17.3 Å². The fourth-order valence-electron chi connectivity index (χ4n) is 3.24. The van der Waals surface area contributed by atoms with Crippen molar-refractivity contribution in [2.75, 3.05) is 18.1 Å². The Balaban J connectivity index is 0.00000300. The Bertz CT molecular complexity index is 1030. The molecule has 0 spiro atoms. The zero-order valence-corrected chi connectivity index (χ0v) is 18.8. The molecule has 1 aliphatic rings. The van der Waals surface area contributed by atoms with Crippen LogP contribution in [0.15, 0.2) is 29.2 Å². The number of amides is 2. The molecule has 0 radical (unpaired) electrons. The highest BCUT2D eigenvalue weighted by molar-refractivity contribution is 7.90. The van der Waals surface area contributed by atoms with Crippen LogP contribution in [-0.2, 0) is 22.8 Å². The van der Waals surface area contributed by atoms with Crippen LogP contribution in [0.5, 0.6) is 0 Å². The minimum atomic E-state index is -3.33. The largest absolute Gasteiger partial charge is 0.365 e. The highest BCUT2D eigenvalue weighted by Crippen LogP contribution is 2.37. The summed E-state index contributed by atoms with van der Waals surface area (Å²) in [5.74, 6) is -0.972. The van der Waals surface area contributed by atoms with E-state index < -0.39 is 21.7 Å². The van der Waals surface area contributed by atoms with Crippen molar-refractivity contribution in [2.45, 2.75) is 37.8 Å². The van der Waals surface area contributed by atoms with Gasteiger partial charge in [0.15, 0.2) is 9.84 Å². The number of hydrogen-bond donors (Lipinski definition) is 2. The quantitative estimate of drug-likeness (QED) is 0.717. The molecule has 0 atom stereocenters. The molecule has 158 valence electrons. The number of anilines is 1. The van der Waals surface area contributed by atoms with E-state index >= 15 is 0 Å². The number of nitrogens with two attached hydrogens (primary N) is 1. The minimum absolute atomic E-state index is 0. The maximum atomic E-state index is 12.6. The maximum absolute atomic E-state index is 12.6. The molecular formula is C19H24ClN3O4S2. The van der Waals surface area contributed by atoms with Crippen molar-refractivity contribution in [3.05, 3.63) is 45.8 Å². The van der Waals surface area contributed by atoms with E-state index in [9.17, 15) is 18.0 Å². The SMILES string of the molecule is CC(C)N1CCc2c(sc(NC(=O)c3ccc(S(C)(=O)=O)cc3)c2C(N)=O)C1.Cl. The lowest BCUT2D eigenvalue weighted by molar-refractivity contribution is 0.0999. The van der Waals surface area contributed by atoms with Crippen molar-refractivity contribution in [3.63, 3.8) is 0 Å². The number of hydrogen-bond acceptors (Lipinski definition) is 6. The Morgan fingerprint density at radius 1 is 1.21 bits per heavy atom. The van der Waals surface area contributed by atoms with E-state index in [2.05, 4.69) is 24.1 Å². The molecule has 1 aliphatic heterocycles. The third-order valence-electron chi connectivity index (χ3n) is 4.83. The highest BCUT2D eigenvalue weighted by Gasteiger charge is 2.28. The summed E-state index contributed by atoms with van der Waals surface area (Å²) in [5, 5.41) is 3.22. The number of nitrogens with zero attached hydrogens (tertiary/aromatic N) is 1. The van der Waals surface area contributed by atoms with E-state index in [1.54, 1.807) is 0 Å². The number of carbonyl (C=O) groups excluding carboxylic acids is 2. The smallest absolute Gasteiger partial charge is 0.256 e. The van der Waals surface area contributed by atoms with Gasteiger partial charge in [-0.1, -0.05) is 0 Å². The summed E-state index contributed by atoms with van der Waals surface area (Å²) < 4.78 is 23.1. The van der Waals surface area contributed by atoms with E-state index in [1.807, 2.05) is 0 Å². The number of primary amides is 1. The number of halogens is 1. The van der Waals surface area contributed by atoms with E-state index in [4.69, 9.17) is 5.73 Å². The molecule has 0 aliphatic carbocycles. The van der Waals surface area contributed by atoms with Crippen LogP contribution < -0.4 is 11.1 Å². The van der Waals surface area contributed by atoms with Gasteiger partial charge in [0.1, 0.15) is 5.00 Å². The normalized spacial score (nSPS) is 14.2. The van der Waals surface area contributed by atoms with Gasteiger partial charge in [-0.2, -0.15) is 0 Å². The molecule has 7 nitrogen and oxygen atoms in total. The first kappa shape index (κ1) is 23.3. The summed E-state index contributed by atoms with van der Waals surface area (Å²) in [6.45, 7) is 5.80. The molecule has 3 N–H and O–H groups in total. The van der Waals surface area contributed by atoms with Crippen LogP contribution >= 0.6 is 23.7 Å². The van der Waals surface area contributed by atoms with Gasteiger partial charge in [0.25, 0.3) is 11.8 Å². The average molecular weight is 458 g/mol. The number of fused-ring (bicyclic) bond motifs is 1. The molecule has 3 rings (SSSR count). The van der Waals surface area contributed by atoms with Gasteiger partial charge in [0.2, 0.25) is 0 Å². The van der Waals surface area contributed by atoms with Gasteiger partial charge in [-0.3, -0.25) is 14.5 Å². The standard InChI is InChI=1S/C19H23N3O4S2.ClH/c1-11(2)22-9-8-14-15(10-22)27-19(16(14)17(20)23)21-18(24)12-4-6-13(7-5-12)28(3,25)26;/h4-7,11H,8-10H2,1-3H3,(H2,20,23)(H,21,24);1H. The molecule has 0 fully saturated rings. The zero-order valence-electron chi connectivity index (χ0n) is 16.4. The van der Waals surface area contributed by atoms with Crippen LogP contribution in [0.1, 0.15) is 45.0 Å². The lowest BCUT2D eigenvalue weighted by Gasteiger charge is -2.30. The second kappa shape index (κ2) is 8.83.